The fourth-order valence-electron chi connectivity index (χ4n) is 4.48. The molecule has 2 aromatic carbocycles. The summed E-state index contributed by atoms with van der Waals surface area (Å²) in [5.41, 5.74) is 9.97. The SMILES string of the molecule is CC(=O)N[C@H](C(=O)NC(CCCCNC(=O)OCC1c2ccccc2-c2ccccc21)C(N)=O)[C@H](C)O. The molecule has 0 saturated heterocycles. The summed E-state index contributed by atoms with van der Waals surface area (Å²) in [6.07, 6.45) is -0.442. The lowest BCUT2D eigenvalue weighted by molar-refractivity contribution is -0.133. The van der Waals surface area contributed by atoms with Crippen LogP contribution in [0.1, 0.15) is 50.2 Å². The molecule has 2 aromatic rings. The molecule has 10 heteroatoms. The molecule has 0 aromatic heterocycles. The molecule has 0 bridgehead atoms. The second-order valence-electron chi connectivity index (χ2n) is 9.13. The lowest BCUT2D eigenvalue weighted by Crippen LogP contribution is -2.56. The van der Waals surface area contributed by atoms with Crippen LogP contribution < -0.4 is 21.7 Å². The van der Waals surface area contributed by atoms with E-state index in [1.54, 1.807) is 0 Å². The van der Waals surface area contributed by atoms with Crippen molar-refractivity contribution in [3.05, 3.63) is 59.7 Å². The molecule has 1 aliphatic rings. The van der Waals surface area contributed by atoms with Gasteiger partial charge >= 0.3 is 6.09 Å². The smallest absolute Gasteiger partial charge is 0.407 e. The number of aliphatic hydroxyl groups is 1. The van der Waals surface area contributed by atoms with Gasteiger partial charge in [-0.05, 0) is 48.4 Å². The zero-order valence-corrected chi connectivity index (χ0v) is 21.0. The van der Waals surface area contributed by atoms with Crippen LogP contribution >= 0.6 is 0 Å². The molecule has 6 N–H and O–H groups in total. The van der Waals surface area contributed by atoms with E-state index >= 15 is 0 Å². The minimum absolute atomic E-state index is 0.0268. The molecule has 10 nitrogen and oxygen atoms in total. The Morgan fingerprint density at radius 2 is 1.57 bits per heavy atom. The van der Waals surface area contributed by atoms with Crippen LogP contribution in [0, 0.1) is 0 Å². The third kappa shape index (κ3) is 7.29. The number of benzene rings is 2. The highest BCUT2D eigenvalue weighted by molar-refractivity contribution is 5.91. The number of hydrogen-bond acceptors (Lipinski definition) is 6. The molecule has 0 spiro atoms. The van der Waals surface area contributed by atoms with Crippen LogP contribution in [-0.4, -0.2) is 60.3 Å². The third-order valence-electron chi connectivity index (χ3n) is 6.32. The number of amides is 4. The Morgan fingerprint density at radius 3 is 2.11 bits per heavy atom. The first-order chi connectivity index (χ1) is 17.7. The van der Waals surface area contributed by atoms with Gasteiger partial charge in [0.05, 0.1) is 6.10 Å². The molecule has 198 valence electrons. The van der Waals surface area contributed by atoms with E-state index < -0.39 is 42.0 Å². The van der Waals surface area contributed by atoms with E-state index in [-0.39, 0.29) is 18.9 Å². The predicted octanol–water partition coefficient (Wildman–Crippen LogP) is 1.55. The summed E-state index contributed by atoms with van der Waals surface area (Å²) < 4.78 is 5.50. The van der Waals surface area contributed by atoms with Crippen LogP contribution in [0.15, 0.2) is 48.5 Å². The summed E-state index contributed by atoms with van der Waals surface area (Å²) >= 11 is 0. The van der Waals surface area contributed by atoms with Crippen LogP contribution in [0.4, 0.5) is 4.79 Å². The number of nitrogens with one attached hydrogen (secondary N) is 3. The summed E-state index contributed by atoms with van der Waals surface area (Å²) in [4.78, 5) is 47.7. The van der Waals surface area contributed by atoms with Crippen LogP contribution in [-0.2, 0) is 19.1 Å². The molecule has 1 aliphatic carbocycles. The monoisotopic (exact) mass is 510 g/mol. The minimum Gasteiger partial charge on any atom is -0.449 e. The molecule has 4 amide bonds. The first kappa shape index (κ1) is 27.7. The molecule has 3 atom stereocenters. The van der Waals surface area contributed by atoms with E-state index in [1.165, 1.54) is 13.8 Å². The number of primary amides is 1. The molecule has 1 unspecified atom stereocenters. The van der Waals surface area contributed by atoms with E-state index in [9.17, 15) is 24.3 Å². The van der Waals surface area contributed by atoms with Gasteiger partial charge in [-0.15, -0.1) is 0 Å². The predicted molar refractivity (Wildman–Crippen MR) is 137 cm³/mol. The number of ether oxygens (including phenoxy) is 1. The molecule has 0 radical (unpaired) electrons. The number of carbonyl (C=O) groups is 4. The van der Waals surface area contributed by atoms with Gasteiger partial charge in [-0.1, -0.05) is 48.5 Å². The number of unbranched alkanes of at least 4 members (excludes halogenated alkanes) is 1. The second kappa shape index (κ2) is 12.9. The number of hydrogen-bond donors (Lipinski definition) is 5. The van der Waals surface area contributed by atoms with Crippen LogP contribution in [0.25, 0.3) is 11.1 Å². The fourth-order valence-corrected chi connectivity index (χ4v) is 4.48. The summed E-state index contributed by atoms with van der Waals surface area (Å²) in [5, 5.41) is 17.3. The lowest BCUT2D eigenvalue weighted by Gasteiger charge is -2.23. The van der Waals surface area contributed by atoms with E-state index in [0.717, 1.165) is 22.3 Å². The number of rotatable bonds is 12. The van der Waals surface area contributed by atoms with Crippen molar-refractivity contribution in [2.45, 2.75) is 57.2 Å². The van der Waals surface area contributed by atoms with Gasteiger partial charge in [-0.3, -0.25) is 14.4 Å². The fraction of sp³-hybridized carbons (Fsp3) is 0.407. The Bertz CT molecular complexity index is 1090. The molecular formula is C27H34N4O6. The summed E-state index contributed by atoms with van der Waals surface area (Å²) in [7, 11) is 0. The number of carbonyl (C=O) groups excluding carboxylic acids is 4. The van der Waals surface area contributed by atoms with E-state index in [1.807, 2.05) is 24.3 Å². The van der Waals surface area contributed by atoms with Crippen molar-refractivity contribution in [3.8, 4) is 11.1 Å². The zero-order valence-electron chi connectivity index (χ0n) is 21.0. The standard InChI is InChI=1S/C27H34N4O6/c1-16(32)24(30-17(2)33)26(35)31-23(25(28)34)13-7-8-14-29-27(36)37-15-22-20-11-5-3-9-18(20)19-10-4-6-12-21(19)22/h3-6,9-12,16,22-24,32H,7-8,13-15H2,1-2H3,(H2,28,34)(H,29,36)(H,30,33)(H,31,35)/t16-,23?,24-/m0/s1. The minimum atomic E-state index is -1.20. The molecule has 0 heterocycles. The zero-order chi connectivity index (χ0) is 26.9. The topological polar surface area (TPSA) is 160 Å². The summed E-state index contributed by atoms with van der Waals surface area (Å²) in [5.74, 6) is -1.95. The molecule has 0 aliphatic heterocycles. The maximum atomic E-state index is 12.4. The number of fused-ring (bicyclic) bond motifs is 3. The van der Waals surface area contributed by atoms with Gasteiger partial charge in [0.25, 0.3) is 0 Å². The van der Waals surface area contributed by atoms with Gasteiger partial charge in [0.2, 0.25) is 17.7 Å². The van der Waals surface area contributed by atoms with Crippen molar-refractivity contribution < 1.29 is 29.0 Å². The van der Waals surface area contributed by atoms with Crippen molar-refractivity contribution in [1.82, 2.24) is 16.0 Å². The van der Waals surface area contributed by atoms with Crippen LogP contribution in [0.5, 0.6) is 0 Å². The van der Waals surface area contributed by atoms with Crippen molar-refractivity contribution in [2.75, 3.05) is 13.2 Å². The largest absolute Gasteiger partial charge is 0.449 e. The van der Waals surface area contributed by atoms with E-state index in [4.69, 9.17) is 10.5 Å². The van der Waals surface area contributed by atoms with Crippen molar-refractivity contribution >= 4 is 23.8 Å². The third-order valence-corrected chi connectivity index (χ3v) is 6.32. The number of nitrogens with two attached hydrogens (primary N) is 1. The molecule has 0 fully saturated rings. The maximum absolute atomic E-state index is 12.4. The van der Waals surface area contributed by atoms with Gasteiger partial charge < -0.3 is 31.5 Å². The van der Waals surface area contributed by atoms with Crippen molar-refractivity contribution in [2.24, 2.45) is 5.73 Å². The van der Waals surface area contributed by atoms with Gasteiger partial charge in [-0.2, -0.15) is 0 Å². The van der Waals surface area contributed by atoms with E-state index in [0.29, 0.717) is 19.4 Å². The Labute approximate surface area is 216 Å². The Balaban J connectivity index is 1.41. The normalized spacial score (nSPS) is 14.5. The molecule has 37 heavy (non-hydrogen) atoms. The van der Waals surface area contributed by atoms with Crippen LogP contribution in [0.3, 0.4) is 0 Å². The highest BCUT2D eigenvalue weighted by atomic mass is 16.5. The Kier molecular flexibility index (Phi) is 9.62. The highest BCUT2D eigenvalue weighted by Crippen LogP contribution is 2.44. The Morgan fingerprint density at radius 1 is 0.973 bits per heavy atom. The summed E-state index contributed by atoms with van der Waals surface area (Å²) in [6, 6.07) is 14.0. The van der Waals surface area contributed by atoms with Crippen molar-refractivity contribution in [1.29, 1.82) is 0 Å². The highest BCUT2D eigenvalue weighted by Gasteiger charge is 2.29. The van der Waals surface area contributed by atoms with Crippen molar-refractivity contribution in [3.63, 3.8) is 0 Å². The maximum Gasteiger partial charge on any atom is 0.407 e. The average molecular weight is 511 g/mol. The lowest BCUT2D eigenvalue weighted by atomic mass is 9.98. The number of alkyl carbamates (subject to hydrolysis) is 1. The van der Waals surface area contributed by atoms with E-state index in [2.05, 4.69) is 40.2 Å². The Hall–Kier alpha value is -3.92. The molecular weight excluding hydrogens is 476 g/mol. The van der Waals surface area contributed by atoms with Crippen LogP contribution in [0.2, 0.25) is 0 Å². The number of aliphatic hydroxyl groups excluding tert-OH is 1. The second-order valence-corrected chi connectivity index (χ2v) is 9.13. The van der Waals surface area contributed by atoms with Gasteiger partial charge in [-0.25, -0.2) is 4.79 Å². The quantitative estimate of drug-likeness (QED) is 0.272. The van der Waals surface area contributed by atoms with Gasteiger partial charge in [0, 0.05) is 19.4 Å². The molecule has 3 rings (SSSR count). The summed E-state index contributed by atoms with van der Waals surface area (Å²) in [6.45, 7) is 3.11. The van der Waals surface area contributed by atoms with Gasteiger partial charge in [0.1, 0.15) is 18.7 Å². The van der Waals surface area contributed by atoms with Gasteiger partial charge in [0.15, 0.2) is 0 Å². The average Bonchev–Trinajstić information content (AvgIpc) is 3.18. The first-order valence-corrected chi connectivity index (χ1v) is 12.3. The first-order valence-electron chi connectivity index (χ1n) is 12.3. The molecule has 0 saturated carbocycles.